The quantitative estimate of drug-likeness (QED) is 0.839. The first-order chi connectivity index (χ1) is 9.74. The van der Waals surface area contributed by atoms with Gasteiger partial charge in [-0.15, -0.1) is 36.2 Å². The number of rotatable bonds is 5. The van der Waals surface area contributed by atoms with Crippen LogP contribution in [-0.2, 0) is 4.79 Å². The Morgan fingerprint density at radius 3 is 2.64 bits per heavy atom. The van der Waals surface area contributed by atoms with Gasteiger partial charge in [0, 0.05) is 30.1 Å². The number of fused-ring (bicyclic) bond motifs is 2. The second kappa shape index (κ2) is 9.06. The first kappa shape index (κ1) is 19.7. The topological polar surface area (TPSA) is 54.0 Å². The Kier molecular flexibility index (Phi) is 8.11. The van der Waals surface area contributed by atoms with E-state index in [-0.39, 0.29) is 36.8 Å². The summed E-state index contributed by atoms with van der Waals surface area (Å²) in [6, 6.07) is 1.40. The summed E-state index contributed by atoms with van der Waals surface area (Å²) in [5.74, 6) is 0.751. The Morgan fingerprint density at radius 1 is 1.41 bits per heavy atom. The summed E-state index contributed by atoms with van der Waals surface area (Å²) < 4.78 is 0. The Bertz CT molecular complexity index is 446. The van der Waals surface area contributed by atoms with Crippen LogP contribution in [0, 0.1) is 5.92 Å². The van der Waals surface area contributed by atoms with E-state index in [2.05, 4.69) is 22.5 Å². The van der Waals surface area contributed by atoms with Gasteiger partial charge >= 0.3 is 0 Å². The van der Waals surface area contributed by atoms with E-state index in [0.717, 1.165) is 24.3 Å². The van der Waals surface area contributed by atoms with Crippen LogP contribution < -0.4 is 10.6 Å². The first-order valence-corrected chi connectivity index (χ1v) is 8.57. The minimum Gasteiger partial charge on any atom is -0.347 e. The molecule has 1 amide bonds. The normalized spacial score (nSPS) is 27.4. The van der Waals surface area contributed by atoms with Crippen molar-refractivity contribution in [2.75, 3.05) is 0 Å². The van der Waals surface area contributed by atoms with Gasteiger partial charge in [-0.2, -0.15) is 0 Å². The summed E-state index contributed by atoms with van der Waals surface area (Å²) in [6.07, 6.45) is 8.29. The maximum absolute atomic E-state index is 12.3. The number of nitrogens with one attached hydrogen (secondary N) is 2. The van der Waals surface area contributed by atoms with Crippen molar-refractivity contribution in [2.24, 2.45) is 5.92 Å². The van der Waals surface area contributed by atoms with Crippen molar-refractivity contribution >= 4 is 42.1 Å². The van der Waals surface area contributed by atoms with Gasteiger partial charge in [-0.05, 0) is 38.0 Å². The molecular formula is C15H25Cl2N3OS. The molecule has 126 valence electrons. The van der Waals surface area contributed by atoms with E-state index in [0.29, 0.717) is 24.4 Å². The number of carbonyl (C=O) groups is 1. The molecule has 3 unspecified atom stereocenters. The van der Waals surface area contributed by atoms with Crippen molar-refractivity contribution < 1.29 is 4.79 Å². The number of amides is 1. The van der Waals surface area contributed by atoms with Crippen LogP contribution >= 0.6 is 36.2 Å². The summed E-state index contributed by atoms with van der Waals surface area (Å²) in [7, 11) is 0. The number of halogens is 2. The highest BCUT2D eigenvalue weighted by molar-refractivity contribution is 7.09. The van der Waals surface area contributed by atoms with Crippen LogP contribution in [0.5, 0.6) is 0 Å². The maximum atomic E-state index is 12.3. The monoisotopic (exact) mass is 365 g/mol. The summed E-state index contributed by atoms with van der Waals surface area (Å²) >= 11 is 1.62. The SMILES string of the molecule is CCC(NC(=O)CC1CC2CCC(C1)N2)c1nccs1.Cl.Cl. The third-order valence-corrected chi connectivity index (χ3v) is 5.43. The lowest BCUT2D eigenvalue weighted by Gasteiger charge is -2.29. The van der Waals surface area contributed by atoms with Gasteiger partial charge in [-0.25, -0.2) is 4.98 Å². The van der Waals surface area contributed by atoms with Crippen LogP contribution in [0.25, 0.3) is 0 Å². The summed E-state index contributed by atoms with van der Waals surface area (Å²) in [5.41, 5.74) is 0. The minimum atomic E-state index is 0. The van der Waals surface area contributed by atoms with Gasteiger partial charge in [0.15, 0.2) is 0 Å². The van der Waals surface area contributed by atoms with Crippen LogP contribution in [0.3, 0.4) is 0 Å². The Morgan fingerprint density at radius 2 is 2.09 bits per heavy atom. The van der Waals surface area contributed by atoms with Gasteiger partial charge in [0.2, 0.25) is 5.91 Å². The molecule has 2 N–H and O–H groups in total. The smallest absolute Gasteiger partial charge is 0.220 e. The fourth-order valence-electron chi connectivity index (χ4n) is 3.60. The van der Waals surface area contributed by atoms with Crippen LogP contribution in [-0.4, -0.2) is 23.0 Å². The van der Waals surface area contributed by atoms with Crippen LogP contribution in [0.4, 0.5) is 0 Å². The Balaban J connectivity index is 0.00000121. The lowest BCUT2D eigenvalue weighted by Crippen LogP contribution is -2.40. The molecule has 22 heavy (non-hydrogen) atoms. The highest BCUT2D eigenvalue weighted by Gasteiger charge is 2.34. The highest BCUT2D eigenvalue weighted by Crippen LogP contribution is 2.32. The molecule has 0 saturated carbocycles. The number of nitrogens with zero attached hydrogens (tertiary/aromatic N) is 1. The molecule has 2 bridgehead atoms. The summed E-state index contributed by atoms with van der Waals surface area (Å²) in [4.78, 5) is 16.6. The first-order valence-electron chi connectivity index (χ1n) is 7.69. The molecule has 0 aromatic carbocycles. The van der Waals surface area contributed by atoms with E-state index in [1.54, 1.807) is 17.5 Å². The van der Waals surface area contributed by atoms with Gasteiger partial charge in [0.25, 0.3) is 0 Å². The molecule has 3 heterocycles. The molecule has 0 radical (unpaired) electrons. The van der Waals surface area contributed by atoms with Gasteiger partial charge < -0.3 is 10.6 Å². The zero-order chi connectivity index (χ0) is 13.9. The van der Waals surface area contributed by atoms with Crippen molar-refractivity contribution in [3.63, 3.8) is 0 Å². The molecule has 0 aliphatic carbocycles. The Hall–Kier alpha value is -0.360. The lowest BCUT2D eigenvalue weighted by molar-refractivity contribution is -0.123. The molecule has 2 fully saturated rings. The molecule has 3 atom stereocenters. The number of hydrogen-bond acceptors (Lipinski definition) is 4. The zero-order valence-corrected chi connectivity index (χ0v) is 15.2. The van der Waals surface area contributed by atoms with Crippen LogP contribution in [0.1, 0.15) is 56.5 Å². The largest absolute Gasteiger partial charge is 0.347 e. The molecule has 1 aromatic heterocycles. The van der Waals surface area contributed by atoms with E-state index < -0.39 is 0 Å². The molecular weight excluding hydrogens is 341 g/mol. The van der Waals surface area contributed by atoms with E-state index in [4.69, 9.17) is 0 Å². The van der Waals surface area contributed by atoms with E-state index in [1.165, 1.54) is 12.8 Å². The van der Waals surface area contributed by atoms with E-state index >= 15 is 0 Å². The van der Waals surface area contributed by atoms with Crippen LogP contribution in [0.2, 0.25) is 0 Å². The number of hydrogen-bond donors (Lipinski definition) is 2. The average Bonchev–Trinajstić information content (AvgIpc) is 3.06. The number of piperidine rings is 1. The van der Waals surface area contributed by atoms with Crippen molar-refractivity contribution in [2.45, 2.75) is 63.6 Å². The second-order valence-electron chi connectivity index (χ2n) is 6.08. The third-order valence-electron chi connectivity index (χ3n) is 4.54. The van der Waals surface area contributed by atoms with Crippen molar-refractivity contribution in [1.82, 2.24) is 15.6 Å². The molecule has 2 saturated heterocycles. The number of thiazole rings is 1. The highest BCUT2D eigenvalue weighted by atomic mass is 35.5. The predicted molar refractivity (Wildman–Crippen MR) is 95.1 cm³/mol. The molecule has 3 rings (SSSR count). The van der Waals surface area contributed by atoms with Gasteiger partial charge in [-0.1, -0.05) is 6.92 Å². The van der Waals surface area contributed by atoms with Gasteiger partial charge in [0.1, 0.15) is 5.01 Å². The van der Waals surface area contributed by atoms with Crippen molar-refractivity contribution in [3.8, 4) is 0 Å². The van der Waals surface area contributed by atoms with Crippen molar-refractivity contribution in [1.29, 1.82) is 0 Å². The predicted octanol–water partition coefficient (Wildman–Crippen LogP) is 3.47. The molecule has 7 heteroatoms. The van der Waals surface area contributed by atoms with E-state index in [9.17, 15) is 4.79 Å². The van der Waals surface area contributed by atoms with Gasteiger partial charge in [-0.3, -0.25) is 4.79 Å². The molecule has 4 nitrogen and oxygen atoms in total. The fourth-order valence-corrected chi connectivity index (χ4v) is 4.37. The van der Waals surface area contributed by atoms with Crippen LogP contribution in [0.15, 0.2) is 11.6 Å². The summed E-state index contributed by atoms with van der Waals surface area (Å²) in [6.45, 7) is 2.09. The molecule has 0 spiro atoms. The average molecular weight is 366 g/mol. The lowest BCUT2D eigenvalue weighted by atomic mass is 9.89. The minimum absolute atomic E-state index is 0. The maximum Gasteiger partial charge on any atom is 0.220 e. The molecule has 2 aliphatic heterocycles. The zero-order valence-electron chi connectivity index (χ0n) is 12.8. The third kappa shape index (κ3) is 4.82. The number of carbonyl (C=O) groups excluding carboxylic acids is 1. The Labute approximate surface area is 148 Å². The fraction of sp³-hybridized carbons (Fsp3) is 0.733. The molecule has 2 aliphatic rings. The van der Waals surface area contributed by atoms with Crippen molar-refractivity contribution in [3.05, 3.63) is 16.6 Å². The second-order valence-corrected chi connectivity index (χ2v) is 7.00. The summed E-state index contributed by atoms with van der Waals surface area (Å²) in [5, 5.41) is 9.77. The van der Waals surface area contributed by atoms with Gasteiger partial charge in [0.05, 0.1) is 6.04 Å². The molecule has 1 aromatic rings. The van der Waals surface area contributed by atoms with E-state index in [1.807, 2.05) is 5.38 Å². The standard InChI is InChI=1S/C15H23N3OS.2ClH/c1-2-13(15-16-5-6-20-15)18-14(19)9-10-7-11-3-4-12(8-10)17-11;;/h5-6,10-13,17H,2-4,7-9H2,1H3,(H,18,19);2*1H. The number of aromatic nitrogens is 1.